The van der Waals surface area contributed by atoms with Crippen molar-refractivity contribution < 1.29 is 80.2 Å². The number of phosphoric ester groups is 2. The average Bonchev–Trinajstić information content (AvgIpc) is 0.913. The molecule has 0 heterocycles. The first-order chi connectivity index (χ1) is 48.4. The van der Waals surface area contributed by atoms with Crippen molar-refractivity contribution in [3.8, 4) is 0 Å². The van der Waals surface area contributed by atoms with Crippen LogP contribution in [0.15, 0.2) is 0 Å². The Morgan fingerprint density at radius 2 is 0.460 bits per heavy atom. The van der Waals surface area contributed by atoms with Gasteiger partial charge in [0.25, 0.3) is 0 Å². The highest BCUT2D eigenvalue weighted by Crippen LogP contribution is 2.45. The van der Waals surface area contributed by atoms with E-state index < -0.39 is 97.5 Å². The lowest BCUT2D eigenvalue weighted by atomic mass is 10.0. The summed E-state index contributed by atoms with van der Waals surface area (Å²) in [5, 5.41) is 10.6. The predicted octanol–water partition coefficient (Wildman–Crippen LogP) is 24.3. The van der Waals surface area contributed by atoms with Gasteiger partial charge in [-0.15, -0.1) is 0 Å². The summed E-state index contributed by atoms with van der Waals surface area (Å²) in [4.78, 5) is 72.9. The van der Waals surface area contributed by atoms with Gasteiger partial charge in [-0.2, -0.15) is 0 Å². The molecule has 0 aromatic heterocycles. The molecule has 0 saturated carbocycles. The summed E-state index contributed by atoms with van der Waals surface area (Å²) in [5.74, 6) is -0.499. The summed E-state index contributed by atoms with van der Waals surface area (Å²) in [5.41, 5.74) is 0. The van der Waals surface area contributed by atoms with E-state index in [4.69, 9.17) is 37.0 Å². The molecular weight excluding hydrogens is 1310 g/mol. The van der Waals surface area contributed by atoms with Crippen LogP contribution in [0.1, 0.15) is 427 Å². The molecule has 0 aliphatic carbocycles. The topological polar surface area (TPSA) is 237 Å². The first-order valence-corrected chi connectivity index (χ1v) is 45.0. The number of carbonyl (C=O) groups is 4. The predicted molar refractivity (Wildman–Crippen MR) is 409 cm³/mol. The Labute approximate surface area is 613 Å². The van der Waals surface area contributed by atoms with Crippen molar-refractivity contribution in [1.82, 2.24) is 0 Å². The summed E-state index contributed by atoms with van der Waals surface area (Å²) >= 11 is 0. The molecule has 5 atom stereocenters. The summed E-state index contributed by atoms with van der Waals surface area (Å²) in [7, 11) is -9.92. The first-order valence-electron chi connectivity index (χ1n) is 42.0. The van der Waals surface area contributed by atoms with E-state index in [1.165, 1.54) is 238 Å². The highest BCUT2D eigenvalue weighted by molar-refractivity contribution is 7.47. The molecule has 0 aromatic carbocycles. The van der Waals surface area contributed by atoms with E-state index in [-0.39, 0.29) is 25.7 Å². The Morgan fingerprint density at radius 3 is 0.680 bits per heavy atom. The number of phosphoric acid groups is 2. The molecule has 3 N–H and O–H groups in total. The second kappa shape index (κ2) is 72.6. The molecule has 0 rings (SSSR count). The summed E-state index contributed by atoms with van der Waals surface area (Å²) in [6.07, 6.45) is 62.5. The van der Waals surface area contributed by atoms with Gasteiger partial charge in [-0.25, -0.2) is 9.13 Å². The van der Waals surface area contributed by atoms with E-state index >= 15 is 0 Å². The van der Waals surface area contributed by atoms with Gasteiger partial charge in [0, 0.05) is 25.7 Å². The van der Waals surface area contributed by atoms with Gasteiger partial charge in [0.2, 0.25) is 0 Å². The molecule has 0 aliphatic rings. The van der Waals surface area contributed by atoms with E-state index in [2.05, 4.69) is 41.5 Å². The SMILES string of the molecule is CCCCCCCCCCCCCCCCCC(=O)O[C@H](COC(=O)CCCCCCCCCC)COP(=O)(O)OC[C@H](O)COP(=O)(O)OC[C@@H](COC(=O)CCCCCCCCCCCCCCCC(C)C)OC(=O)CCCCCCCCCCCCCCCCCCCCC(C)C. The molecule has 0 bridgehead atoms. The molecule has 0 saturated heterocycles. The molecule has 0 aromatic rings. The van der Waals surface area contributed by atoms with E-state index in [0.29, 0.717) is 25.7 Å². The summed E-state index contributed by atoms with van der Waals surface area (Å²) in [6.45, 7) is 9.67. The molecular formula is C81H158O17P2. The van der Waals surface area contributed by atoms with Crippen LogP contribution in [0, 0.1) is 11.8 Å². The number of aliphatic hydroxyl groups is 1. The normalized spacial score (nSPS) is 13.9. The monoisotopic (exact) mass is 1470 g/mol. The van der Waals surface area contributed by atoms with Gasteiger partial charge in [-0.3, -0.25) is 37.3 Å². The minimum atomic E-state index is -4.96. The van der Waals surface area contributed by atoms with E-state index in [1.807, 2.05) is 0 Å². The van der Waals surface area contributed by atoms with Gasteiger partial charge in [-0.1, -0.05) is 375 Å². The molecule has 594 valence electrons. The molecule has 19 heteroatoms. The lowest BCUT2D eigenvalue weighted by molar-refractivity contribution is -0.161. The smallest absolute Gasteiger partial charge is 0.462 e. The van der Waals surface area contributed by atoms with Crippen LogP contribution in [-0.4, -0.2) is 96.7 Å². The van der Waals surface area contributed by atoms with Gasteiger partial charge in [-0.05, 0) is 37.5 Å². The third-order valence-corrected chi connectivity index (χ3v) is 20.9. The highest BCUT2D eigenvalue weighted by atomic mass is 31.2. The standard InChI is InChI=1S/C81H158O17P2/c1-7-9-11-13-15-17-18-19-24-30-36-41-47-53-59-65-80(85)97-76(69-91-78(83)63-57-51-45-16-14-12-10-8-2)71-95-99(87,88)93-67-75(82)68-94-100(89,90)96-72-77(70-92-79(84)64-58-52-46-40-35-32-27-29-34-39-44-50-56-62-74(5)6)98-81(86)66-60-54-48-42-37-31-26-23-21-20-22-25-28-33-38-43-49-55-61-73(3)4/h73-77,82H,7-72H2,1-6H3,(H,87,88)(H,89,90)/t75-,76+,77+/m0/s1. The number of hydrogen-bond acceptors (Lipinski definition) is 15. The Balaban J connectivity index is 5.19. The number of carbonyl (C=O) groups excluding carboxylic acids is 4. The number of ether oxygens (including phenoxy) is 4. The van der Waals surface area contributed by atoms with Crippen LogP contribution in [0.4, 0.5) is 0 Å². The number of hydrogen-bond donors (Lipinski definition) is 3. The van der Waals surface area contributed by atoms with E-state index in [1.54, 1.807) is 0 Å². The van der Waals surface area contributed by atoms with Crippen LogP contribution < -0.4 is 0 Å². The van der Waals surface area contributed by atoms with Gasteiger partial charge in [0.15, 0.2) is 12.2 Å². The minimum absolute atomic E-state index is 0.108. The first kappa shape index (κ1) is 98.1. The van der Waals surface area contributed by atoms with Crippen molar-refractivity contribution >= 4 is 39.5 Å². The molecule has 0 amide bonds. The zero-order valence-electron chi connectivity index (χ0n) is 65.5. The maximum absolute atomic E-state index is 13.1. The Morgan fingerprint density at radius 1 is 0.270 bits per heavy atom. The van der Waals surface area contributed by atoms with Crippen LogP contribution in [0.3, 0.4) is 0 Å². The summed E-state index contributed by atoms with van der Waals surface area (Å²) < 4.78 is 68.6. The molecule has 0 fully saturated rings. The number of esters is 4. The Bertz CT molecular complexity index is 1920. The Hall–Kier alpha value is -1.94. The fourth-order valence-electron chi connectivity index (χ4n) is 12.5. The van der Waals surface area contributed by atoms with E-state index in [9.17, 15) is 43.2 Å². The fourth-order valence-corrected chi connectivity index (χ4v) is 14.1. The molecule has 0 aliphatic heterocycles. The van der Waals surface area contributed by atoms with Crippen LogP contribution in [0.2, 0.25) is 0 Å². The van der Waals surface area contributed by atoms with Crippen molar-refractivity contribution in [3.63, 3.8) is 0 Å². The maximum Gasteiger partial charge on any atom is 0.472 e. The zero-order chi connectivity index (χ0) is 73.5. The minimum Gasteiger partial charge on any atom is -0.462 e. The lowest BCUT2D eigenvalue weighted by Crippen LogP contribution is -2.30. The third kappa shape index (κ3) is 74.3. The number of unbranched alkanes of at least 4 members (excludes halogenated alkanes) is 50. The van der Waals surface area contributed by atoms with Crippen molar-refractivity contribution in [2.45, 2.75) is 445 Å². The number of aliphatic hydroxyl groups excluding tert-OH is 1. The average molecular weight is 1470 g/mol. The molecule has 0 spiro atoms. The molecule has 100 heavy (non-hydrogen) atoms. The van der Waals surface area contributed by atoms with Gasteiger partial charge in [0.1, 0.15) is 19.3 Å². The van der Waals surface area contributed by atoms with Crippen molar-refractivity contribution in [3.05, 3.63) is 0 Å². The van der Waals surface area contributed by atoms with Crippen molar-refractivity contribution in [1.29, 1.82) is 0 Å². The zero-order valence-corrected chi connectivity index (χ0v) is 67.3. The molecule has 0 radical (unpaired) electrons. The quantitative estimate of drug-likeness (QED) is 0.0222. The molecule has 2 unspecified atom stereocenters. The second-order valence-corrected chi connectivity index (χ2v) is 33.0. The maximum atomic E-state index is 13.1. The van der Waals surface area contributed by atoms with Crippen molar-refractivity contribution in [2.75, 3.05) is 39.6 Å². The van der Waals surface area contributed by atoms with Gasteiger partial charge < -0.3 is 33.8 Å². The molecule has 17 nitrogen and oxygen atoms in total. The van der Waals surface area contributed by atoms with Crippen LogP contribution in [-0.2, 0) is 65.4 Å². The fraction of sp³-hybridized carbons (Fsp3) is 0.951. The third-order valence-electron chi connectivity index (χ3n) is 19.0. The summed E-state index contributed by atoms with van der Waals surface area (Å²) in [6, 6.07) is 0. The van der Waals surface area contributed by atoms with Gasteiger partial charge in [0.05, 0.1) is 26.4 Å². The van der Waals surface area contributed by atoms with Crippen LogP contribution in [0.25, 0.3) is 0 Å². The highest BCUT2D eigenvalue weighted by Gasteiger charge is 2.30. The van der Waals surface area contributed by atoms with Crippen molar-refractivity contribution in [2.24, 2.45) is 11.8 Å². The van der Waals surface area contributed by atoms with Crippen LogP contribution >= 0.6 is 15.6 Å². The largest absolute Gasteiger partial charge is 0.472 e. The Kier molecular flexibility index (Phi) is 71.2. The van der Waals surface area contributed by atoms with Gasteiger partial charge >= 0.3 is 39.5 Å². The lowest BCUT2D eigenvalue weighted by Gasteiger charge is -2.21. The van der Waals surface area contributed by atoms with E-state index in [0.717, 1.165) is 108 Å². The number of rotatable bonds is 80. The second-order valence-electron chi connectivity index (χ2n) is 30.1. The van der Waals surface area contributed by atoms with Crippen LogP contribution in [0.5, 0.6) is 0 Å².